The summed E-state index contributed by atoms with van der Waals surface area (Å²) in [6.07, 6.45) is -1.30. The second-order valence-corrected chi connectivity index (χ2v) is 6.66. The Hall–Kier alpha value is -2.09. The first-order valence-corrected chi connectivity index (χ1v) is 8.46. The molecule has 0 aromatic heterocycles. The Kier molecular flexibility index (Phi) is 6.41. The number of benzene rings is 2. The van der Waals surface area contributed by atoms with E-state index in [9.17, 15) is 14.7 Å². The van der Waals surface area contributed by atoms with Gasteiger partial charge >= 0.3 is 6.09 Å². The Morgan fingerprint density at radius 2 is 1.52 bits per heavy atom. The van der Waals surface area contributed by atoms with Crippen molar-refractivity contribution in [1.29, 1.82) is 0 Å². The van der Waals surface area contributed by atoms with Gasteiger partial charge < -0.3 is 20.8 Å². The van der Waals surface area contributed by atoms with Crippen LogP contribution in [0.3, 0.4) is 0 Å². The molecule has 6 nitrogen and oxygen atoms in total. The molecule has 0 aliphatic carbocycles. The zero-order valence-electron chi connectivity index (χ0n) is 13.0. The molecule has 2 aromatic rings. The Labute approximate surface area is 157 Å². The topological polar surface area (TPSA) is 98.7 Å². The fourth-order valence-corrected chi connectivity index (χ4v) is 2.66. The van der Waals surface area contributed by atoms with Crippen LogP contribution in [0, 0.1) is 0 Å². The van der Waals surface area contributed by atoms with Crippen LogP contribution in [0.4, 0.5) is 4.79 Å². The first-order valence-electron chi connectivity index (χ1n) is 7.29. The molecule has 0 saturated heterocycles. The zero-order valence-corrected chi connectivity index (χ0v) is 15.3. The largest absolute Gasteiger partial charge is 0.465 e. The highest BCUT2D eigenvalue weighted by Gasteiger charge is 2.32. The van der Waals surface area contributed by atoms with Crippen molar-refractivity contribution in [2.75, 3.05) is 13.1 Å². The van der Waals surface area contributed by atoms with Crippen molar-refractivity contribution in [3.8, 4) is 0 Å². The molecule has 0 saturated carbocycles. The van der Waals surface area contributed by atoms with E-state index in [0.29, 0.717) is 16.1 Å². The second kappa shape index (κ2) is 8.33. The molecule has 4 N–H and O–H groups in total. The summed E-state index contributed by atoms with van der Waals surface area (Å²) in [6.45, 7) is -0.525. The maximum atomic E-state index is 11.8. The first-order chi connectivity index (χ1) is 11.8. The number of hydrogen-bond acceptors (Lipinski definition) is 3. The summed E-state index contributed by atoms with van der Waals surface area (Å²) in [5, 5.41) is 24.8. The molecule has 0 bridgehead atoms. The maximum absolute atomic E-state index is 11.8. The van der Waals surface area contributed by atoms with Gasteiger partial charge in [-0.1, -0.05) is 51.8 Å². The third kappa shape index (κ3) is 5.19. The lowest BCUT2D eigenvalue weighted by Crippen LogP contribution is -2.45. The van der Waals surface area contributed by atoms with Crippen LogP contribution in [0.2, 0.25) is 5.02 Å². The highest BCUT2D eigenvalue weighted by Crippen LogP contribution is 2.30. The van der Waals surface area contributed by atoms with Crippen LogP contribution in [0.15, 0.2) is 53.0 Å². The van der Waals surface area contributed by atoms with Gasteiger partial charge in [0.15, 0.2) is 0 Å². The standard InChI is InChI=1S/C17H16BrClN2O4/c18-13-5-1-11(2-6-13)17(25,12-3-7-14(19)8-4-12)10-21-15(22)9-20-16(23)24/h1-8,20,25H,9-10H2,(H,21,22)(H,23,24). The van der Waals surface area contributed by atoms with E-state index in [1.54, 1.807) is 48.5 Å². The van der Waals surface area contributed by atoms with Crippen LogP contribution in [-0.4, -0.2) is 35.3 Å². The van der Waals surface area contributed by atoms with Gasteiger partial charge in [-0.25, -0.2) is 4.79 Å². The minimum absolute atomic E-state index is 0.129. The van der Waals surface area contributed by atoms with Gasteiger partial charge in [0.05, 0.1) is 13.1 Å². The molecule has 132 valence electrons. The summed E-state index contributed by atoms with van der Waals surface area (Å²) in [6, 6.07) is 13.7. The molecule has 2 rings (SSSR count). The van der Waals surface area contributed by atoms with E-state index in [1.807, 2.05) is 5.32 Å². The Bertz CT molecular complexity index is 705. The molecular weight excluding hydrogens is 412 g/mol. The molecule has 0 fully saturated rings. The summed E-state index contributed by atoms with van der Waals surface area (Å²) in [4.78, 5) is 22.2. The number of carbonyl (C=O) groups is 2. The minimum Gasteiger partial charge on any atom is -0.465 e. The average Bonchev–Trinajstić information content (AvgIpc) is 2.59. The highest BCUT2D eigenvalue weighted by atomic mass is 79.9. The minimum atomic E-state index is -1.50. The van der Waals surface area contributed by atoms with Gasteiger partial charge in [0.25, 0.3) is 0 Å². The molecule has 25 heavy (non-hydrogen) atoms. The quantitative estimate of drug-likeness (QED) is 0.570. The lowest BCUT2D eigenvalue weighted by Gasteiger charge is -2.30. The van der Waals surface area contributed by atoms with Crippen LogP contribution in [0.5, 0.6) is 0 Å². The molecule has 1 unspecified atom stereocenters. The Morgan fingerprint density at radius 1 is 1.00 bits per heavy atom. The third-order valence-corrected chi connectivity index (χ3v) is 4.37. The van der Waals surface area contributed by atoms with Crippen LogP contribution < -0.4 is 10.6 Å². The molecule has 0 aliphatic heterocycles. The van der Waals surface area contributed by atoms with E-state index < -0.39 is 24.1 Å². The summed E-state index contributed by atoms with van der Waals surface area (Å²) in [5.74, 6) is -0.549. The van der Waals surface area contributed by atoms with Gasteiger partial charge in [-0.2, -0.15) is 0 Å². The number of rotatable bonds is 6. The molecule has 0 aliphatic rings. The lowest BCUT2D eigenvalue weighted by molar-refractivity contribution is -0.121. The van der Waals surface area contributed by atoms with Crippen molar-refractivity contribution >= 4 is 39.5 Å². The molecule has 0 spiro atoms. The van der Waals surface area contributed by atoms with Gasteiger partial charge in [0, 0.05) is 9.50 Å². The van der Waals surface area contributed by atoms with E-state index in [1.165, 1.54) is 0 Å². The smallest absolute Gasteiger partial charge is 0.405 e. The fourth-order valence-electron chi connectivity index (χ4n) is 2.27. The van der Waals surface area contributed by atoms with E-state index in [0.717, 1.165) is 4.47 Å². The predicted octanol–water partition coefficient (Wildman–Crippen LogP) is 2.72. The molecule has 0 heterocycles. The van der Waals surface area contributed by atoms with E-state index >= 15 is 0 Å². The van der Waals surface area contributed by atoms with Gasteiger partial charge in [0.2, 0.25) is 5.91 Å². The van der Waals surface area contributed by atoms with Gasteiger partial charge in [0.1, 0.15) is 5.60 Å². The van der Waals surface area contributed by atoms with E-state index in [2.05, 4.69) is 21.2 Å². The number of nitrogens with one attached hydrogen (secondary N) is 2. The van der Waals surface area contributed by atoms with Crippen LogP contribution >= 0.6 is 27.5 Å². The number of carboxylic acid groups (broad SMARTS) is 1. The summed E-state index contributed by atoms with van der Waals surface area (Å²) in [7, 11) is 0. The zero-order chi connectivity index (χ0) is 18.4. The Morgan fingerprint density at radius 3 is 2.04 bits per heavy atom. The van der Waals surface area contributed by atoms with Crippen molar-refractivity contribution in [3.63, 3.8) is 0 Å². The van der Waals surface area contributed by atoms with Gasteiger partial charge in [-0.3, -0.25) is 4.79 Å². The van der Waals surface area contributed by atoms with Gasteiger partial charge in [-0.15, -0.1) is 0 Å². The predicted molar refractivity (Wildman–Crippen MR) is 97.6 cm³/mol. The molecule has 0 radical (unpaired) electrons. The highest BCUT2D eigenvalue weighted by molar-refractivity contribution is 9.10. The number of carbonyl (C=O) groups excluding carboxylic acids is 1. The molecular formula is C17H16BrClN2O4. The second-order valence-electron chi connectivity index (χ2n) is 5.31. The van der Waals surface area contributed by atoms with Crippen molar-refractivity contribution in [1.82, 2.24) is 10.6 Å². The van der Waals surface area contributed by atoms with Crippen molar-refractivity contribution in [2.45, 2.75) is 5.60 Å². The van der Waals surface area contributed by atoms with Crippen LogP contribution in [-0.2, 0) is 10.4 Å². The number of aliphatic hydroxyl groups is 1. The van der Waals surface area contributed by atoms with Crippen LogP contribution in [0.1, 0.15) is 11.1 Å². The van der Waals surface area contributed by atoms with E-state index in [-0.39, 0.29) is 6.54 Å². The van der Waals surface area contributed by atoms with Crippen molar-refractivity contribution < 1.29 is 19.8 Å². The monoisotopic (exact) mass is 426 g/mol. The third-order valence-electron chi connectivity index (χ3n) is 3.59. The first kappa shape index (κ1) is 19.2. The Balaban J connectivity index is 2.26. The fraction of sp³-hybridized carbons (Fsp3) is 0.176. The van der Waals surface area contributed by atoms with Crippen molar-refractivity contribution in [3.05, 3.63) is 69.2 Å². The molecule has 2 aromatic carbocycles. The van der Waals surface area contributed by atoms with Crippen LogP contribution in [0.25, 0.3) is 0 Å². The molecule has 8 heteroatoms. The normalized spacial score (nSPS) is 12.9. The van der Waals surface area contributed by atoms with Crippen molar-refractivity contribution in [2.24, 2.45) is 0 Å². The molecule has 1 atom stereocenters. The number of amides is 2. The number of hydrogen-bond donors (Lipinski definition) is 4. The SMILES string of the molecule is O=C(O)NCC(=O)NCC(O)(c1ccc(Cl)cc1)c1ccc(Br)cc1. The number of halogens is 2. The lowest BCUT2D eigenvalue weighted by atomic mass is 9.86. The summed E-state index contributed by atoms with van der Waals surface area (Å²) >= 11 is 9.25. The maximum Gasteiger partial charge on any atom is 0.405 e. The average molecular weight is 428 g/mol. The van der Waals surface area contributed by atoms with Gasteiger partial charge in [-0.05, 0) is 35.4 Å². The van der Waals surface area contributed by atoms with E-state index in [4.69, 9.17) is 16.7 Å². The molecule has 2 amide bonds. The summed E-state index contributed by atoms with van der Waals surface area (Å²) in [5.41, 5.74) is -0.375. The summed E-state index contributed by atoms with van der Waals surface area (Å²) < 4.78 is 0.851.